The molecular formula is C17H20N2O3. The SMILES string of the molecule is CC(C)=CC1C(C(=O)Nc2ccc3oc(=O)[nH]c3c2)C1(C)C. The van der Waals surface area contributed by atoms with Gasteiger partial charge in [-0.3, -0.25) is 9.78 Å². The van der Waals surface area contributed by atoms with E-state index in [9.17, 15) is 9.59 Å². The Kier molecular flexibility index (Phi) is 3.24. The number of hydrogen-bond donors (Lipinski definition) is 2. The summed E-state index contributed by atoms with van der Waals surface area (Å²) in [7, 11) is 0. The van der Waals surface area contributed by atoms with Gasteiger partial charge < -0.3 is 9.73 Å². The second-order valence-corrected chi connectivity index (χ2v) is 6.78. The first-order valence-electron chi connectivity index (χ1n) is 7.38. The molecule has 116 valence electrons. The molecule has 1 aliphatic carbocycles. The third kappa shape index (κ3) is 2.47. The van der Waals surface area contributed by atoms with E-state index in [1.807, 2.05) is 13.8 Å². The lowest BCUT2D eigenvalue weighted by Gasteiger charge is -2.06. The Bertz CT molecular complexity index is 822. The number of rotatable bonds is 3. The first kappa shape index (κ1) is 14.6. The van der Waals surface area contributed by atoms with Crippen molar-refractivity contribution in [1.29, 1.82) is 0 Å². The van der Waals surface area contributed by atoms with Crippen LogP contribution in [0.2, 0.25) is 0 Å². The predicted molar refractivity (Wildman–Crippen MR) is 85.7 cm³/mol. The summed E-state index contributed by atoms with van der Waals surface area (Å²) in [6.07, 6.45) is 2.17. The lowest BCUT2D eigenvalue weighted by molar-refractivity contribution is -0.118. The molecule has 0 saturated heterocycles. The Morgan fingerprint density at radius 2 is 2.09 bits per heavy atom. The summed E-state index contributed by atoms with van der Waals surface area (Å²) in [4.78, 5) is 26.2. The molecule has 2 unspecified atom stereocenters. The third-order valence-corrected chi connectivity index (χ3v) is 4.39. The zero-order valence-corrected chi connectivity index (χ0v) is 13.2. The van der Waals surface area contributed by atoms with E-state index in [4.69, 9.17) is 4.42 Å². The molecule has 1 amide bonds. The van der Waals surface area contributed by atoms with Gasteiger partial charge in [0.2, 0.25) is 5.91 Å². The maximum Gasteiger partial charge on any atom is 0.417 e. The highest BCUT2D eigenvalue weighted by atomic mass is 16.4. The molecule has 0 aliphatic heterocycles. The maximum atomic E-state index is 12.5. The van der Waals surface area contributed by atoms with Crippen molar-refractivity contribution in [2.75, 3.05) is 5.32 Å². The minimum Gasteiger partial charge on any atom is -0.408 e. The summed E-state index contributed by atoms with van der Waals surface area (Å²) in [5.41, 5.74) is 2.94. The zero-order chi connectivity index (χ0) is 16.1. The number of H-pyrrole nitrogens is 1. The van der Waals surface area contributed by atoms with Gasteiger partial charge in [0, 0.05) is 5.69 Å². The smallest absolute Gasteiger partial charge is 0.408 e. The number of anilines is 1. The van der Waals surface area contributed by atoms with Crippen molar-refractivity contribution in [1.82, 2.24) is 4.98 Å². The highest BCUT2D eigenvalue weighted by molar-refractivity contribution is 5.97. The highest BCUT2D eigenvalue weighted by Crippen LogP contribution is 2.59. The van der Waals surface area contributed by atoms with Gasteiger partial charge in [0.05, 0.1) is 11.4 Å². The molecule has 0 bridgehead atoms. The van der Waals surface area contributed by atoms with Crippen LogP contribution in [0.4, 0.5) is 5.69 Å². The van der Waals surface area contributed by atoms with Gasteiger partial charge in [-0.1, -0.05) is 25.5 Å². The largest absolute Gasteiger partial charge is 0.417 e. The molecule has 3 rings (SSSR count). The van der Waals surface area contributed by atoms with Crippen molar-refractivity contribution < 1.29 is 9.21 Å². The molecule has 2 N–H and O–H groups in total. The molecule has 0 spiro atoms. The molecule has 1 saturated carbocycles. The number of aromatic nitrogens is 1. The number of benzene rings is 1. The Hall–Kier alpha value is -2.30. The van der Waals surface area contributed by atoms with Crippen LogP contribution in [0.1, 0.15) is 27.7 Å². The van der Waals surface area contributed by atoms with E-state index in [-0.39, 0.29) is 23.2 Å². The minimum atomic E-state index is -0.495. The van der Waals surface area contributed by atoms with Crippen LogP contribution in [0.3, 0.4) is 0 Å². The summed E-state index contributed by atoms with van der Waals surface area (Å²) in [5, 5.41) is 2.93. The number of carbonyl (C=O) groups is 1. The highest BCUT2D eigenvalue weighted by Gasteiger charge is 2.60. The van der Waals surface area contributed by atoms with Crippen molar-refractivity contribution >= 4 is 22.7 Å². The van der Waals surface area contributed by atoms with Crippen molar-refractivity contribution in [2.45, 2.75) is 27.7 Å². The van der Waals surface area contributed by atoms with Gasteiger partial charge >= 0.3 is 5.76 Å². The molecule has 5 nitrogen and oxygen atoms in total. The van der Waals surface area contributed by atoms with Crippen molar-refractivity contribution in [3.63, 3.8) is 0 Å². The summed E-state index contributed by atoms with van der Waals surface area (Å²) < 4.78 is 4.95. The molecule has 1 aliphatic rings. The van der Waals surface area contributed by atoms with E-state index in [1.165, 1.54) is 5.57 Å². The Morgan fingerprint density at radius 1 is 1.36 bits per heavy atom. The van der Waals surface area contributed by atoms with Crippen LogP contribution in [0.15, 0.2) is 39.1 Å². The lowest BCUT2D eigenvalue weighted by Crippen LogP contribution is -2.16. The van der Waals surface area contributed by atoms with Crippen LogP contribution in [0.25, 0.3) is 11.1 Å². The van der Waals surface area contributed by atoms with Crippen LogP contribution in [-0.4, -0.2) is 10.9 Å². The lowest BCUT2D eigenvalue weighted by atomic mass is 10.1. The maximum absolute atomic E-state index is 12.5. The number of aromatic amines is 1. The van der Waals surface area contributed by atoms with E-state index < -0.39 is 5.76 Å². The fourth-order valence-corrected chi connectivity index (χ4v) is 3.10. The number of amides is 1. The van der Waals surface area contributed by atoms with Gasteiger partial charge in [-0.15, -0.1) is 0 Å². The van der Waals surface area contributed by atoms with E-state index in [2.05, 4.69) is 30.2 Å². The summed E-state index contributed by atoms with van der Waals surface area (Å²) in [6, 6.07) is 5.13. The van der Waals surface area contributed by atoms with E-state index >= 15 is 0 Å². The average molecular weight is 300 g/mol. The summed E-state index contributed by atoms with van der Waals surface area (Å²) in [6.45, 7) is 8.31. The Morgan fingerprint density at radius 3 is 2.77 bits per heavy atom. The van der Waals surface area contributed by atoms with Gasteiger partial charge in [-0.05, 0) is 43.4 Å². The van der Waals surface area contributed by atoms with Gasteiger partial charge in [-0.25, -0.2) is 4.79 Å². The van der Waals surface area contributed by atoms with Gasteiger partial charge in [0.1, 0.15) is 0 Å². The van der Waals surface area contributed by atoms with Gasteiger partial charge in [-0.2, -0.15) is 0 Å². The normalized spacial score (nSPS) is 22.4. The number of hydrogen-bond acceptors (Lipinski definition) is 3. The quantitative estimate of drug-likeness (QED) is 0.854. The van der Waals surface area contributed by atoms with Gasteiger partial charge in [0.15, 0.2) is 5.58 Å². The summed E-state index contributed by atoms with van der Waals surface area (Å²) in [5.74, 6) is -0.237. The molecular weight excluding hydrogens is 280 g/mol. The molecule has 1 fully saturated rings. The van der Waals surface area contributed by atoms with Crippen molar-refractivity contribution in [2.24, 2.45) is 17.3 Å². The van der Waals surface area contributed by atoms with Crippen LogP contribution in [0, 0.1) is 17.3 Å². The second kappa shape index (κ2) is 4.87. The van der Waals surface area contributed by atoms with Crippen molar-refractivity contribution in [3.05, 3.63) is 40.4 Å². The molecule has 2 aromatic rings. The standard InChI is InChI=1S/C17H20N2O3/c1-9(2)7-11-14(17(11,3)4)15(20)18-10-5-6-13-12(8-10)19-16(21)22-13/h5-8,11,14H,1-4H3,(H,18,20)(H,19,21). The number of oxazole rings is 1. The molecule has 1 aromatic heterocycles. The van der Waals surface area contributed by atoms with E-state index in [0.717, 1.165) is 0 Å². The third-order valence-electron chi connectivity index (χ3n) is 4.39. The Labute approximate surface area is 128 Å². The van der Waals surface area contributed by atoms with Crippen LogP contribution < -0.4 is 11.1 Å². The van der Waals surface area contributed by atoms with E-state index in [0.29, 0.717) is 16.8 Å². The second-order valence-electron chi connectivity index (χ2n) is 6.78. The zero-order valence-electron chi connectivity index (χ0n) is 13.2. The topological polar surface area (TPSA) is 75.1 Å². The van der Waals surface area contributed by atoms with E-state index in [1.54, 1.807) is 18.2 Å². The molecule has 22 heavy (non-hydrogen) atoms. The molecule has 1 aromatic carbocycles. The minimum absolute atomic E-state index is 0.0118. The number of allylic oxidation sites excluding steroid dienone is 2. The first-order chi connectivity index (χ1) is 10.3. The molecule has 5 heteroatoms. The molecule has 0 radical (unpaired) electrons. The van der Waals surface area contributed by atoms with Gasteiger partial charge in [0.25, 0.3) is 0 Å². The fourth-order valence-electron chi connectivity index (χ4n) is 3.10. The monoisotopic (exact) mass is 300 g/mol. The van der Waals surface area contributed by atoms with Crippen LogP contribution in [-0.2, 0) is 4.79 Å². The van der Waals surface area contributed by atoms with Crippen molar-refractivity contribution in [3.8, 4) is 0 Å². The number of nitrogens with one attached hydrogen (secondary N) is 2. The predicted octanol–water partition coefficient (Wildman–Crippen LogP) is 3.30. The Balaban J connectivity index is 1.79. The number of carbonyl (C=O) groups excluding carboxylic acids is 1. The number of fused-ring (bicyclic) bond motifs is 1. The first-order valence-corrected chi connectivity index (χ1v) is 7.38. The summed E-state index contributed by atoms with van der Waals surface area (Å²) >= 11 is 0. The van der Waals surface area contributed by atoms with Crippen LogP contribution in [0.5, 0.6) is 0 Å². The fraction of sp³-hybridized carbons (Fsp3) is 0.412. The molecule has 1 heterocycles. The van der Waals surface area contributed by atoms with Crippen LogP contribution >= 0.6 is 0 Å². The average Bonchev–Trinajstić information content (AvgIpc) is 2.75. The molecule has 2 atom stereocenters.